The molecule has 2 N–H and O–H groups in total. The molecule has 170 valence electrons. The highest BCUT2D eigenvalue weighted by atomic mass is 16.2. The van der Waals surface area contributed by atoms with Gasteiger partial charge in [-0.1, -0.05) is 50.1 Å². The van der Waals surface area contributed by atoms with Crippen molar-refractivity contribution in [2.75, 3.05) is 6.54 Å². The van der Waals surface area contributed by atoms with E-state index in [1.807, 2.05) is 44.2 Å². The van der Waals surface area contributed by atoms with Gasteiger partial charge in [-0.05, 0) is 31.7 Å². The van der Waals surface area contributed by atoms with Gasteiger partial charge in [-0.3, -0.25) is 14.4 Å². The fourth-order valence-corrected chi connectivity index (χ4v) is 4.70. The molecule has 8 nitrogen and oxygen atoms in total. The second kappa shape index (κ2) is 9.14. The van der Waals surface area contributed by atoms with Crippen LogP contribution in [0.15, 0.2) is 36.7 Å². The Hall–Kier alpha value is -3.16. The summed E-state index contributed by atoms with van der Waals surface area (Å²) in [6, 6.07) is 9.74. The predicted octanol–water partition coefficient (Wildman–Crippen LogP) is 2.50. The molecule has 0 saturated heterocycles. The molecule has 1 aromatic heterocycles. The lowest BCUT2D eigenvalue weighted by molar-refractivity contribution is -0.133. The van der Waals surface area contributed by atoms with E-state index in [1.165, 1.54) is 6.33 Å². The van der Waals surface area contributed by atoms with Crippen LogP contribution in [0.3, 0.4) is 0 Å². The quantitative estimate of drug-likeness (QED) is 0.696. The number of nitrogens with zero attached hydrogens (tertiary/aromatic N) is 3. The van der Waals surface area contributed by atoms with Crippen molar-refractivity contribution < 1.29 is 14.4 Å². The van der Waals surface area contributed by atoms with Gasteiger partial charge in [0, 0.05) is 19.1 Å². The second-order valence-electron chi connectivity index (χ2n) is 8.92. The van der Waals surface area contributed by atoms with Crippen LogP contribution < -0.4 is 10.6 Å². The van der Waals surface area contributed by atoms with Crippen LogP contribution in [-0.2, 0) is 17.9 Å². The maximum Gasteiger partial charge on any atom is 0.273 e. The summed E-state index contributed by atoms with van der Waals surface area (Å²) < 4.78 is 1.65. The number of carbonyl (C=O) groups excluding carboxylic acids is 3. The molecule has 2 aliphatic rings. The number of aromatic nitrogens is 2. The first-order chi connectivity index (χ1) is 15.4. The normalized spacial score (nSPS) is 20.8. The molecule has 1 atom stereocenters. The molecule has 8 heteroatoms. The van der Waals surface area contributed by atoms with Crippen molar-refractivity contribution in [3.8, 4) is 0 Å². The van der Waals surface area contributed by atoms with Crippen LogP contribution in [0.1, 0.15) is 72.5 Å². The fourth-order valence-electron chi connectivity index (χ4n) is 4.70. The zero-order valence-corrected chi connectivity index (χ0v) is 18.8. The molecule has 1 saturated carbocycles. The van der Waals surface area contributed by atoms with E-state index in [0.717, 1.165) is 31.2 Å². The number of nitrogens with one attached hydrogen (secondary N) is 2. The number of imidazole rings is 1. The minimum absolute atomic E-state index is 0.102. The maximum atomic E-state index is 13.5. The van der Waals surface area contributed by atoms with Crippen LogP contribution in [0, 0.1) is 0 Å². The molecule has 1 aliphatic heterocycles. The lowest BCUT2D eigenvalue weighted by Crippen LogP contribution is -2.65. The van der Waals surface area contributed by atoms with Gasteiger partial charge in [0.2, 0.25) is 5.91 Å². The van der Waals surface area contributed by atoms with Crippen LogP contribution >= 0.6 is 0 Å². The first-order valence-corrected chi connectivity index (χ1v) is 11.4. The number of rotatable bonds is 7. The van der Waals surface area contributed by atoms with Gasteiger partial charge < -0.3 is 20.1 Å². The van der Waals surface area contributed by atoms with Crippen LogP contribution in [0.2, 0.25) is 0 Å². The molecule has 1 fully saturated rings. The maximum absolute atomic E-state index is 13.5. The van der Waals surface area contributed by atoms with Crippen LogP contribution in [-0.4, -0.2) is 50.3 Å². The van der Waals surface area contributed by atoms with E-state index in [-0.39, 0.29) is 35.8 Å². The number of carbonyl (C=O) groups is 3. The Labute approximate surface area is 188 Å². The third-order valence-corrected chi connectivity index (χ3v) is 6.50. The molecule has 2 heterocycles. The van der Waals surface area contributed by atoms with Crippen LogP contribution in [0.5, 0.6) is 0 Å². The number of hydrogen-bond acceptors (Lipinski definition) is 4. The summed E-state index contributed by atoms with van der Waals surface area (Å²) in [5, 5.41) is 6.00. The monoisotopic (exact) mass is 437 g/mol. The van der Waals surface area contributed by atoms with Gasteiger partial charge in [0.1, 0.15) is 11.2 Å². The molecular weight excluding hydrogens is 406 g/mol. The summed E-state index contributed by atoms with van der Waals surface area (Å²) >= 11 is 0. The zero-order valence-electron chi connectivity index (χ0n) is 18.8. The van der Waals surface area contributed by atoms with Crippen molar-refractivity contribution in [2.24, 2.45) is 0 Å². The number of benzene rings is 1. The summed E-state index contributed by atoms with van der Waals surface area (Å²) in [7, 11) is 0. The summed E-state index contributed by atoms with van der Waals surface area (Å²) in [6.07, 6.45) is 6.40. The third-order valence-electron chi connectivity index (χ3n) is 6.50. The van der Waals surface area contributed by atoms with Crippen LogP contribution in [0.25, 0.3) is 0 Å². The van der Waals surface area contributed by atoms with Gasteiger partial charge in [0.25, 0.3) is 11.8 Å². The first kappa shape index (κ1) is 22.0. The van der Waals surface area contributed by atoms with Gasteiger partial charge in [-0.2, -0.15) is 0 Å². The van der Waals surface area contributed by atoms with Gasteiger partial charge in [0.05, 0.1) is 12.9 Å². The van der Waals surface area contributed by atoms with Crippen molar-refractivity contribution in [1.29, 1.82) is 0 Å². The Kier molecular flexibility index (Phi) is 6.30. The number of hydrogen-bond donors (Lipinski definition) is 2. The smallest absolute Gasteiger partial charge is 0.273 e. The van der Waals surface area contributed by atoms with E-state index < -0.39 is 11.4 Å². The number of fused-ring (bicyclic) bond motifs is 1. The van der Waals surface area contributed by atoms with Crippen molar-refractivity contribution >= 4 is 17.7 Å². The Morgan fingerprint density at radius 2 is 1.91 bits per heavy atom. The highest BCUT2D eigenvalue weighted by molar-refractivity contribution is 6.07. The third kappa shape index (κ3) is 4.13. The molecule has 1 aliphatic carbocycles. The molecule has 32 heavy (non-hydrogen) atoms. The molecule has 1 aromatic carbocycles. The van der Waals surface area contributed by atoms with Crippen molar-refractivity contribution in [1.82, 2.24) is 25.1 Å². The van der Waals surface area contributed by atoms with Gasteiger partial charge in [-0.25, -0.2) is 4.98 Å². The van der Waals surface area contributed by atoms with Gasteiger partial charge in [-0.15, -0.1) is 0 Å². The summed E-state index contributed by atoms with van der Waals surface area (Å²) in [5.74, 6) is -0.864. The van der Waals surface area contributed by atoms with Crippen molar-refractivity contribution in [2.45, 2.75) is 70.6 Å². The fraction of sp³-hybridized carbons (Fsp3) is 0.500. The molecule has 0 spiro atoms. The highest BCUT2D eigenvalue weighted by Crippen LogP contribution is 2.30. The van der Waals surface area contributed by atoms with E-state index >= 15 is 0 Å². The molecule has 3 amide bonds. The SMILES string of the molecule is CCCN1C(=O)c2c(C(=O)NCc3ccccc3)ncn2C[C@]1(C)C(=O)NC1CCCC1. The summed E-state index contributed by atoms with van der Waals surface area (Å²) in [6.45, 7) is 4.83. The standard InChI is InChI=1S/C24H31N5O3/c1-3-13-29-22(31)20-19(21(30)25-14-17-9-5-4-6-10-17)26-16-28(20)15-24(29,2)23(32)27-18-11-7-8-12-18/h4-6,9-10,16,18H,3,7-8,11-15H2,1-2H3,(H,25,30)(H,27,32)/t24-/m1/s1. The Balaban J connectivity index is 1.57. The molecule has 0 radical (unpaired) electrons. The van der Waals surface area contributed by atoms with Gasteiger partial charge >= 0.3 is 0 Å². The molecule has 4 rings (SSSR count). The Morgan fingerprint density at radius 3 is 2.59 bits per heavy atom. The molecule has 2 aromatic rings. The largest absolute Gasteiger partial charge is 0.351 e. The van der Waals surface area contributed by atoms with E-state index in [2.05, 4.69) is 15.6 Å². The van der Waals surface area contributed by atoms with E-state index in [1.54, 1.807) is 9.47 Å². The lowest BCUT2D eigenvalue weighted by atomic mass is 9.93. The molecule has 0 unspecified atom stereocenters. The first-order valence-electron chi connectivity index (χ1n) is 11.4. The molecule has 0 bridgehead atoms. The van der Waals surface area contributed by atoms with Gasteiger partial charge in [0.15, 0.2) is 5.69 Å². The number of amides is 3. The minimum Gasteiger partial charge on any atom is -0.351 e. The summed E-state index contributed by atoms with van der Waals surface area (Å²) in [4.78, 5) is 45.5. The van der Waals surface area contributed by atoms with E-state index in [0.29, 0.717) is 19.5 Å². The average molecular weight is 438 g/mol. The highest BCUT2D eigenvalue weighted by Gasteiger charge is 2.48. The molecular formula is C24H31N5O3. The van der Waals surface area contributed by atoms with E-state index in [4.69, 9.17) is 0 Å². The average Bonchev–Trinajstić information content (AvgIpc) is 3.45. The Morgan fingerprint density at radius 1 is 1.19 bits per heavy atom. The van der Waals surface area contributed by atoms with E-state index in [9.17, 15) is 14.4 Å². The predicted molar refractivity (Wildman–Crippen MR) is 120 cm³/mol. The van der Waals surface area contributed by atoms with Crippen molar-refractivity contribution in [3.05, 3.63) is 53.6 Å². The minimum atomic E-state index is -1.03. The summed E-state index contributed by atoms with van der Waals surface area (Å²) in [5.41, 5.74) is 0.283. The lowest BCUT2D eigenvalue weighted by Gasteiger charge is -2.44. The zero-order chi connectivity index (χ0) is 22.7. The van der Waals surface area contributed by atoms with Crippen molar-refractivity contribution in [3.63, 3.8) is 0 Å². The topological polar surface area (TPSA) is 96.3 Å². The second-order valence-corrected chi connectivity index (χ2v) is 8.92. The van der Waals surface area contributed by atoms with Crippen LogP contribution in [0.4, 0.5) is 0 Å². The Bertz CT molecular complexity index is 996.